The Morgan fingerprint density at radius 3 is 2.53 bits per heavy atom. The number of alkyl halides is 2. The molecule has 43 heavy (non-hydrogen) atoms. The maximum atomic E-state index is 15.8. The van der Waals surface area contributed by atoms with E-state index < -0.39 is 17.3 Å². The summed E-state index contributed by atoms with van der Waals surface area (Å²) in [4.78, 5) is 39.4. The van der Waals surface area contributed by atoms with Crippen LogP contribution in [0.15, 0.2) is 41.5 Å². The third-order valence-electron chi connectivity index (χ3n) is 9.54. The molecule has 1 aromatic carbocycles. The molecule has 4 aliphatic rings. The highest BCUT2D eigenvalue weighted by Gasteiger charge is 2.47. The standard InChI is InChI=1S/C32H37F2N7O2/c1-21-22-5-3-6-24(17-22)32(33,34)23-8-13-40(14-9-23)16-15-39(2)27(42)7-4-12-41-29-25(28(38-21)36-20-37-29)18-26(30(41)43)31(19-35)10-11-31/h3,5-6,17-18,20-21,23H,4,7-16H2,1-2H3,(H,36,37,38)/t21-/m1/s1. The highest BCUT2D eigenvalue weighted by molar-refractivity contribution is 5.87. The first-order valence-electron chi connectivity index (χ1n) is 15.1. The van der Waals surface area contributed by atoms with Gasteiger partial charge in [-0.3, -0.25) is 14.2 Å². The molecule has 1 atom stereocenters. The number of nitriles is 1. The number of piperidine rings is 1. The van der Waals surface area contributed by atoms with Gasteiger partial charge in [-0.1, -0.05) is 18.2 Å². The summed E-state index contributed by atoms with van der Waals surface area (Å²) in [7, 11) is 1.75. The van der Waals surface area contributed by atoms with E-state index in [2.05, 4.69) is 26.3 Å². The fourth-order valence-electron chi connectivity index (χ4n) is 6.47. The lowest BCUT2D eigenvalue weighted by Gasteiger charge is -2.36. The van der Waals surface area contributed by atoms with Crippen LogP contribution in [0.4, 0.5) is 14.6 Å². The molecule has 3 aromatic rings. The predicted octanol–water partition coefficient (Wildman–Crippen LogP) is 4.58. The number of carbonyl (C=O) groups excluding carboxylic acids is 1. The van der Waals surface area contributed by atoms with Gasteiger partial charge in [-0.25, -0.2) is 18.7 Å². The average Bonchev–Trinajstić information content (AvgIpc) is 3.82. The van der Waals surface area contributed by atoms with E-state index >= 15 is 8.78 Å². The summed E-state index contributed by atoms with van der Waals surface area (Å²) < 4.78 is 33.2. The minimum atomic E-state index is -2.98. The quantitative estimate of drug-likeness (QED) is 0.443. The highest BCUT2D eigenvalue weighted by Crippen LogP contribution is 2.47. The number of amides is 1. The molecule has 226 valence electrons. The van der Waals surface area contributed by atoms with Gasteiger partial charge in [0.15, 0.2) is 0 Å². The van der Waals surface area contributed by atoms with Crippen LogP contribution in [0, 0.1) is 17.2 Å². The number of nitrogens with zero attached hydrogens (tertiary/aromatic N) is 6. The van der Waals surface area contributed by atoms with Crippen LogP contribution in [0.3, 0.4) is 0 Å². The van der Waals surface area contributed by atoms with Crippen LogP contribution in [-0.2, 0) is 22.7 Å². The molecule has 2 fully saturated rings. The third-order valence-corrected chi connectivity index (χ3v) is 9.54. The van der Waals surface area contributed by atoms with Gasteiger partial charge in [0.2, 0.25) is 5.91 Å². The normalized spacial score (nSPS) is 25.5. The second-order valence-electron chi connectivity index (χ2n) is 12.3. The van der Waals surface area contributed by atoms with Gasteiger partial charge in [0.1, 0.15) is 17.8 Å². The number of anilines is 1. The van der Waals surface area contributed by atoms with Gasteiger partial charge in [-0.2, -0.15) is 5.26 Å². The maximum absolute atomic E-state index is 15.8. The fraction of sp³-hybridized carbons (Fsp3) is 0.531. The minimum Gasteiger partial charge on any atom is -0.363 e. The van der Waals surface area contributed by atoms with Crippen molar-refractivity contribution in [2.45, 2.75) is 69.4 Å². The number of aryl methyl sites for hydroxylation is 1. The number of fused-ring (bicyclic) bond motifs is 9. The molecule has 5 heterocycles. The Labute approximate surface area is 249 Å². The SMILES string of the molecule is C[C@H]1Nc2ncnc3c2cc(C2(C#N)CC2)c(=O)n3CCCC(=O)N(C)CCN2CCC(CC2)C(F)(F)c2cccc1c2. The number of rotatable bonds is 1. The Kier molecular flexibility index (Phi) is 7.67. The van der Waals surface area contributed by atoms with E-state index in [1.165, 1.54) is 12.4 Å². The Morgan fingerprint density at radius 1 is 1.05 bits per heavy atom. The summed E-state index contributed by atoms with van der Waals surface area (Å²) >= 11 is 0. The summed E-state index contributed by atoms with van der Waals surface area (Å²) in [5.74, 6) is -3.32. The van der Waals surface area contributed by atoms with Gasteiger partial charge in [-0.15, -0.1) is 0 Å². The van der Waals surface area contributed by atoms with E-state index in [0.717, 1.165) is 0 Å². The van der Waals surface area contributed by atoms with Gasteiger partial charge in [0.05, 0.1) is 16.9 Å². The zero-order valence-corrected chi connectivity index (χ0v) is 24.7. The van der Waals surface area contributed by atoms with Gasteiger partial charge < -0.3 is 15.1 Å². The Bertz CT molecular complexity index is 1640. The number of hydrogen-bond donors (Lipinski definition) is 1. The predicted molar refractivity (Wildman–Crippen MR) is 159 cm³/mol. The maximum Gasteiger partial charge on any atom is 0.276 e. The van der Waals surface area contributed by atoms with Crippen LogP contribution in [0.25, 0.3) is 11.0 Å². The van der Waals surface area contributed by atoms with Crippen molar-refractivity contribution in [2.24, 2.45) is 5.92 Å². The Morgan fingerprint density at radius 2 is 1.81 bits per heavy atom. The van der Waals surface area contributed by atoms with E-state index in [4.69, 9.17) is 0 Å². The number of benzene rings is 1. The summed E-state index contributed by atoms with van der Waals surface area (Å²) in [6.45, 7) is 4.41. The lowest BCUT2D eigenvalue weighted by atomic mass is 9.85. The molecule has 7 rings (SSSR count). The van der Waals surface area contributed by atoms with Crippen molar-refractivity contribution in [1.29, 1.82) is 5.26 Å². The van der Waals surface area contributed by atoms with Crippen molar-refractivity contribution < 1.29 is 13.6 Å². The molecule has 1 saturated carbocycles. The van der Waals surface area contributed by atoms with Crippen LogP contribution < -0.4 is 10.9 Å². The Hall–Kier alpha value is -3.91. The number of pyridine rings is 1. The number of likely N-dealkylation sites (N-methyl/N-ethyl adjacent to an activating group) is 1. The van der Waals surface area contributed by atoms with Gasteiger partial charge in [0, 0.05) is 56.2 Å². The lowest BCUT2D eigenvalue weighted by molar-refractivity contribution is -0.130. The second kappa shape index (κ2) is 11.3. The third kappa shape index (κ3) is 5.49. The van der Waals surface area contributed by atoms with E-state index in [0.29, 0.717) is 86.3 Å². The van der Waals surface area contributed by atoms with E-state index in [-0.39, 0.29) is 36.0 Å². The molecule has 0 unspecified atom stereocenters. The molecule has 11 heteroatoms. The summed E-state index contributed by atoms with van der Waals surface area (Å²) in [5.41, 5.74) is 0.383. The topological polar surface area (TPSA) is 107 Å². The molecule has 3 aliphatic heterocycles. The van der Waals surface area contributed by atoms with E-state index in [9.17, 15) is 14.9 Å². The van der Waals surface area contributed by atoms with Gasteiger partial charge in [-0.05, 0) is 69.8 Å². The number of aromatic nitrogens is 3. The molecule has 1 aliphatic carbocycles. The molecule has 0 spiro atoms. The first-order chi connectivity index (χ1) is 20.6. The summed E-state index contributed by atoms with van der Waals surface area (Å²) in [5, 5.41) is 13.9. The minimum absolute atomic E-state index is 0.00156. The van der Waals surface area contributed by atoms with Gasteiger partial charge in [0.25, 0.3) is 11.5 Å². The molecule has 9 nitrogen and oxygen atoms in total. The van der Waals surface area contributed by atoms with Crippen molar-refractivity contribution in [1.82, 2.24) is 24.3 Å². The highest BCUT2D eigenvalue weighted by atomic mass is 19.3. The van der Waals surface area contributed by atoms with Crippen LogP contribution >= 0.6 is 0 Å². The first-order valence-corrected chi connectivity index (χ1v) is 15.1. The van der Waals surface area contributed by atoms with Crippen molar-refractivity contribution >= 4 is 22.8 Å². The fourth-order valence-corrected chi connectivity index (χ4v) is 6.47. The second-order valence-corrected chi connectivity index (χ2v) is 12.3. The van der Waals surface area contributed by atoms with Crippen LogP contribution in [0.2, 0.25) is 0 Å². The van der Waals surface area contributed by atoms with Crippen molar-refractivity contribution in [2.75, 3.05) is 38.5 Å². The first kappa shape index (κ1) is 29.2. The van der Waals surface area contributed by atoms with E-state index in [1.807, 2.05) is 13.0 Å². The van der Waals surface area contributed by atoms with Gasteiger partial charge >= 0.3 is 0 Å². The van der Waals surface area contributed by atoms with Crippen molar-refractivity contribution in [3.8, 4) is 6.07 Å². The lowest BCUT2D eigenvalue weighted by Crippen LogP contribution is -2.43. The van der Waals surface area contributed by atoms with Crippen molar-refractivity contribution in [3.05, 3.63) is 63.7 Å². The molecular weight excluding hydrogens is 552 g/mol. The molecule has 0 radical (unpaired) electrons. The summed E-state index contributed by atoms with van der Waals surface area (Å²) in [6.07, 6.45) is 4.01. The average molecular weight is 590 g/mol. The molecule has 1 N–H and O–H groups in total. The summed E-state index contributed by atoms with van der Waals surface area (Å²) in [6, 6.07) is 10.2. The van der Waals surface area contributed by atoms with Crippen LogP contribution in [0.1, 0.15) is 68.2 Å². The van der Waals surface area contributed by atoms with Crippen molar-refractivity contribution in [3.63, 3.8) is 0 Å². The largest absolute Gasteiger partial charge is 0.363 e. The number of halogens is 2. The van der Waals surface area contributed by atoms with Crippen LogP contribution in [-0.4, -0.2) is 63.5 Å². The molecule has 8 bridgehead atoms. The zero-order chi connectivity index (χ0) is 30.4. The van der Waals surface area contributed by atoms with E-state index in [1.54, 1.807) is 34.7 Å². The monoisotopic (exact) mass is 589 g/mol. The molecule has 1 amide bonds. The Balaban J connectivity index is 1.42. The van der Waals surface area contributed by atoms with Crippen LogP contribution in [0.5, 0.6) is 0 Å². The number of carbonyl (C=O) groups is 1. The smallest absolute Gasteiger partial charge is 0.276 e. The number of nitrogens with one attached hydrogen (secondary N) is 1. The zero-order valence-electron chi connectivity index (χ0n) is 24.7. The molecule has 1 saturated heterocycles. The number of hydrogen-bond acceptors (Lipinski definition) is 7. The molecule has 2 aromatic heterocycles. The molecular formula is C32H37F2N7O2.